The highest BCUT2D eigenvalue weighted by molar-refractivity contribution is 8.00. The summed E-state index contributed by atoms with van der Waals surface area (Å²) in [4.78, 5) is 38.5. The maximum atomic E-state index is 12.6. The number of carbonyl (C=O) groups is 3. The van der Waals surface area contributed by atoms with Crippen LogP contribution in [0.1, 0.15) is 44.1 Å². The summed E-state index contributed by atoms with van der Waals surface area (Å²) in [6, 6.07) is 21.6. The smallest absolute Gasteiger partial charge is 0.255 e. The first-order valence-electron chi connectivity index (χ1n) is 10.1. The average molecular weight is 465 g/mol. The number of amides is 2. The molecule has 3 aromatic rings. The fourth-order valence-electron chi connectivity index (χ4n) is 3.51. The van der Waals surface area contributed by atoms with Gasteiger partial charge in [0, 0.05) is 28.4 Å². The van der Waals surface area contributed by atoms with E-state index in [0.717, 1.165) is 11.1 Å². The van der Waals surface area contributed by atoms with E-state index < -0.39 is 0 Å². The molecule has 1 fully saturated rings. The van der Waals surface area contributed by atoms with Crippen LogP contribution in [0.15, 0.2) is 72.8 Å². The Morgan fingerprint density at radius 1 is 1.03 bits per heavy atom. The normalized spacial score (nSPS) is 15.6. The van der Waals surface area contributed by atoms with Crippen LogP contribution in [-0.4, -0.2) is 28.3 Å². The van der Waals surface area contributed by atoms with E-state index in [4.69, 9.17) is 11.6 Å². The van der Waals surface area contributed by atoms with Crippen LogP contribution in [0.2, 0.25) is 5.02 Å². The summed E-state index contributed by atoms with van der Waals surface area (Å²) < 4.78 is 0. The quantitative estimate of drug-likeness (QED) is 0.484. The number of benzene rings is 3. The van der Waals surface area contributed by atoms with Crippen LogP contribution in [0.5, 0.6) is 0 Å². The van der Waals surface area contributed by atoms with Gasteiger partial charge < -0.3 is 10.2 Å². The monoisotopic (exact) mass is 464 g/mol. The summed E-state index contributed by atoms with van der Waals surface area (Å²) in [7, 11) is 0. The number of carbonyl (C=O) groups excluding carboxylic acids is 3. The molecule has 1 saturated heterocycles. The number of nitrogens with zero attached hydrogens (tertiary/aromatic N) is 1. The number of Topliss-reactive ketones (excluding diaryl/α,β-unsaturated/α-hetero) is 1. The van der Waals surface area contributed by atoms with Crippen molar-refractivity contribution in [1.82, 2.24) is 4.90 Å². The fraction of sp³-hybridized carbons (Fsp3) is 0.160. The second-order valence-electron chi connectivity index (χ2n) is 7.52. The van der Waals surface area contributed by atoms with E-state index in [-0.39, 0.29) is 23.0 Å². The van der Waals surface area contributed by atoms with Gasteiger partial charge in [-0.3, -0.25) is 14.4 Å². The molecule has 1 heterocycles. The minimum absolute atomic E-state index is 0.0581. The number of hydrogen-bond donors (Lipinski definition) is 1. The number of thioether (sulfide) groups is 1. The Morgan fingerprint density at radius 3 is 2.44 bits per heavy atom. The van der Waals surface area contributed by atoms with E-state index in [1.165, 1.54) is 6.92 Å². The standard InChI is InChI=1S/C25H21ClN2O3S/c1-16(29)20-3-2-4-22(13-20)27-24(31)18-7-9-19(10-8-18)25-28(23(30)15-32-25)14-17-5-11-21(26)12-6-17/h2-13,25H,14-15H2,1H3,(H,27,31)/t25-/m1/s1. The molecule has 0 spiro atoms. The molecule has 1 aliphatic heterocycles. The van der Waals surface area contributed by atoms with Gasteiger partial charge in [-0.15, -0.1) is 11.8 Å². The number of anilines is 1. The molecular formula is C25H21ClN2O3S. The third kappa shape index (κ3) is 5.03. The Kier molecular flexibility index (Phi) is 6.63. The van der Waals surface area contributed by atoms with Crippen LogP contribution >= 0.6 is 23.4 Å². The van der Waals surface area contributed by atoms with Gasteiger partial charge in [0.1, 0.15) is 5.37 Å². The van der Waals surface area contributed by atoms with Crippen molar-refractivity contribution < 1.29 is 14.4 Å². The van der Waals surface area contributed by atoms with Gasteiger partial charge in [0.25, 0.3) is 5.91 Å². The van der Waals surface area contributed by atoms with Crippen LogP contribution in [0.3, 0.4) is 0 Å². The number of rotatable bonds is 6. The zero-order valence-corrected chi connectivity index (χ0v) is 19.0. The van der Waals surface area contributed by atoms with Crippen LogP contribution < -0.4 is 5.32 Å². The van der Waals surface area contributed by atoms with E-state index in [1.807, 2.05) is 41.3 Å². The lowest BCUT2D eigenvalue weighted by atomic mass is 10.1. The second-order valence-corrected chi connectivity index (χ2v) is 9.03. The van der Waals surface area contributed by atoms with Gasteiger partial charge in [0.15, 0.2) is 5.78 Å². The maximum Gasteiger partial charge on any atom is 0.255 e. The molecule has 5 nitrogen and oxygen atoms in total. The van der Waals surface area contributed by atoms with Gasteiger partial charge in [0.05, 0.1) is 5.75 Å². The third-order valence-corrected chi connectivity index (χ3v) is 6.73. The molecule has 0 saturated carbocycles. The summed E-state index contributed by atoms with van der Waals surface area (Å²) in [5, 5.41) is 3.38. The molecule has 32 heavy (non-hydrogen) atoms. The highest BCUT2D eigenvalue weighted by Gasteiger charge is 2.32. The topological polar surface area (TPSA) is 66.5 Å². The maximum absolute atomic E-state index is 12.6. The first kappa shape index (κ1) is 22.1. The van der Waals surface area contributed by atoms with Gasteiger partial charge in [0.2, 0.25) is 5.91 Å². The molecular weight excluding hydrogens is 444 g/mol. The van der Waals surface area contributed by atoms with Gasteiger partial charge in [-0.1, -0.05) is 48.0 Å². The molecule has 0 aromatic heterocycles. The fourth-order valence-corrected chi connectivity index (χ4v) is 4.82. The molecule has 3 aromatic carbocycles. The average Bonchev–Trinajstić information content (AvgIpc) is 3.15. The van der Waals surface area contributed by atoms with Crippen LogP contribution in [0.25, 0.3) is 0 Å². The van der Waals surface area contributed by atoms with Crippen LogP contribution in [0, 0.1) is 0 Å². The van der Waals surface area contributed by atoms with Crippen molar-refractivity contribution in [3.8, 4) is 0 Å². The van der Waals surface area contributed by atoms with Crippen molar-refractivity contribution in [1.29, 1.82) is 0 Å². The molecule has 7 heteroatoms. The molecule has 1 atom stereocenters. The van der Waals surface area contributed by atoms with Gasteiger partial charge >= 0.3 is 0 Å². The number of halogens is 1. The first-order chi connectivity index (χ1) is 15.4. The van der Waals surface area contributed by atoms with Crippen molar-refractivity contribution >= 4 is 46.6 Å². The zero-order chi connectivity index (χ0) is 22.7. The molecule has 1 aliphatic rings. The summed E-state index contributed by atoms with van der Waals surface area (Å²) in [6.45, 7) is 1.99. The summed E-state index contributed by atoms with van der Waals surface area (Å²) >= 11 is 7.54. The predicted molar refractivity (Wildman–Crippen MR) is 128 cm³/mol. The van der Waals surface area contributed by atoms with Crippen LogP contribution in [-0.2, 0) is 11.3 Å². The molecule has 0 radical (unpaired) electrons. The molecule has 0 aliphatic carbocycles. The lowest BCUT2D eigenvalue weighted by molar-refractivity contribution is -0.128. The highest BCUT2D eigenvalue weighted by Crippen LogP contribution is 2.39. The molecule has 4 rings (SSSR count). The first-order valence-corrected chi connectivity index (χ1v) is 11.5. The zero-order valence-electron chi connectivity index (χ0n) is 17.4. The Bertz CT molecular complexity index is 1160. The summed E-state index contributed by atoms with van der Waals surface area (Å²) in [6.07, 6.45) is 0. The molecule has 162 valence electrons. The molecule has 0 bridgehead atoms. The van der Waals surface area contributed by atoms with Gasteiger partial charge in [-0.05, 0) is 54.4 Å². The van der Waals surface area contributed by atoms with E-state index in [0.29, 0.717) is 34.1 Å². The summed E-state index contributed by atoms with van der Waals surface area (Å²) in [5.41, 5.74) is 3.59. The van der Waals surface area contributed by atoms with Gasteiger partial charge in [-0.2, -0.15) is 0 Å². The van der Waals surface area contributed by atoms with Crippen molar-refractivity contribution in [3.63, 3.8) is 0 Å². The van der Waals surface area contributed by atoms with Crippen molar-refractivity contribution in [2.45, 2.75) is 18.8 Å². The minimum atomic E-state index is -0.259. The Balaban J connectivity index is 1.46. The third-order valence-electron chi connectivity index (χ3n) is 5.22. The Morgan fingerprint density at radius 2 is 1.75 bits per heavy atom. The SMILES string of the molecule is CC(=O)c1cccc(NC(=O)c2ccc([C@H]3SCC(=O)N3Cc3ccc(Cl)cc3)cc2)c1. The van der Waals surface area contributed by atoms with E-state index in [1.54, 1.807) is 48.2 Å². The summed E-state index contributed by atoms with van der Waals surface area (Å²) in [5.74, 6) is 0.192. The Labute approximate surface area is 195 Å². The molecule has 0 unspecified atom stereocenters. The minimum Gasteiger partial charge on any atom is -0.322 e. The predicted octanol–water partition coefficient (Wildman–Crippen LogP) is 5.57. The molecule has 1 N–H and O–H groups in total. The number of ketones is 1. The highest BCUT2D eigenvalue weighted by atomic mass is 35.5. The van der Waals surface area contributed by atoms with Gasteiger partial charge in [-0.25, -0.2) is 0 Å². The Hall–Kier alpha value is -3.09. The lowest BCUT2D eigenvalue weighted by Gasteiger charge is -2.24. The lowest BCUT2D eigenvalue weighted by Crippen LogP contribution is -2.27. The van der Waals surface area contributed by atoms with Crippen molar-refractivity contribution in [2.24, 2.45) is 0 Å². The van der Waals surface area contributed by atoms with Crippen molar-refractivity contribution in [3.05, 3.63) is 100 Å². The van der Waals surface area contributed by atoms with E-state index in [2.05, 4.69) is 5.32 Å². The van der Waals surface area contributed by atoms with E-state index in [9.17, 15) is 14.4 Å². The molecule has 2 amide bonds. The van der Waals surface area contributed by atoms with Crippen LogP contribution in [0.4, 0.5) is 5.69 Å². The number of hydrogen-bond acceptors (Lipinski definition) is 4. The van der Waals surface area contributed by atoms with Crippen molar-refractivity contribution in [2.75, 3.05) is 11.1 Å². The van der Waals surface area contributed by atoms with E-state index >= 15 is 0 Å². The second kappa shape index (κ2) is 9.59. The number of nitrogens with one attached hydrogen (secondary N) is 1. The largest absolute Gasteiger partial charge is 0.322 e.